The summed E-state index contributed by atoms with van der Waals surface area (Å²) in [7, 11) is 0. The Kier molecular flexibility index (Phi) is 7.28. The van der Waals surface area contributed by atoms with Gasteiger partial charge in [-0.2, -0.15) is 0 Å². The Bertz CT molecular complexity index is 822. The number of carbonyl (C=O) groups is 1. The van der Waals surface area contributed by atoms with Crippen molar-refractivity contribution in [2.75, 3.05) is 37.0 Å². The second-order valence-electron chi connectivity index (χ2n) is 8.18. The van der Waals surface area contributed by atoms with E-state index in [0.717, 1.165) is 30.6 Å². The maximum atomic E-state index is 12.6. The first-order chi connectivity index (χ1) is 14.7. The molecule has 0 bridgehead atoms. The lowest BCUT2D eigenvalue weighted by Crippen LogP contribution is -2.41. The molecule has 8 heteroatoms. The number of nitrogens with one attached hydrogen (secondary N) is 1. The monoisotopic (exact) mass is 429 g/mol. The van der Waals surface area contributed by atoms with E-state index < -0.39 is 0 Å². The summed E-state index contributed by atoms with van der Waals surface area (Å²) in [6, 6.07) is 10.6. The van der Waals surface area contributed by atoms with E-state index in [1.807, 2.05) is 18.2 Å². The minimum atomic E-state index is 0.0842. The Morgan fingerprint density at radius 1 is 1.17 bits per heavy atom. The van der Waals surface area contributed by atoms with Gasteiger partial charge in [-0.15, -0.1) is 10.2 Å². The normalized spacial score (nSPS) is 22.1. The minimum Gasteiger partial charge on any atom is -0.378 e. The van der Waals surface area contributed by atoms with Gasteiger partial charge < -0.3 is 15.0 Å². The number of benzene rings is 1. The van der Waals surface area contributed by atoms with E-state index in [-0.39, 0.29) is 5.91 Å². The van der Waals surface area contributed by atoms with Crippen molar-refractivity contribution >= 4 is 23.6 Å². The molecule has 162 valence electrons. The van der Waals surface area contributed by atoms with Gasteiger partial charge >= 0.3 is 0 Å². The van der Waals surface area contributed by atoms with E-state index in [1.54, 1.807) is 0 Å². The maximum Gasteiger partial charge on any atom is 0.230 e. The first kappa shape index (κ1) is 21.2. The number of anilines is 1. The van der Waals surface area contributed by atoms with E-state index in [4.69, 9.17) is 4.74 Å². The number of rotatable bonds is 7. The summed E-state index contributed by atoms with van der Waals surface area (Å²) in [5, 5.41) is 12.9. The van der Waals surface area contributed by atoms with Gasteiger partial charge in [0.25, 0.3) is 0 Å². The topological polar surface area (TPSA) is 72.3 Å². The van der Waals surface area contributed by atoms with Crippen molar-refractivity contribution in [3.8, 4) is 0 Å². The molecule has 1 saturated heterocycles. The second kappa shape index (κ2) is 10.3. The first-order valence-electron chi connectivity index (χ1n) is 10.9. The fourth-order valence-corrected chi connectivity index (χ4v) is 4.94. The molecular formula is C22H31N5O2S. The third kappa shape index (κ3) is 5.35. The van der Waals surface area contributed by atoms with Gasteiger partial charge in [0.2, 0.25) is 11.9 Å². The summed E-state index contributed by atoms with van der Waals surface area (Å²) >= 11 is 1.47. The zero-order valence-electron chi connectivity index (χ0n) is 17.6. The smallest absolute Gasteiger partial charge is 0.230 e. The van der Waals surface area contributed by atoms with Crippen LogP contribution in [0.4, 0.5) is 5.95 Å². The van der Waals surface area contributed by atoms with Gasteiger partial charge in [-0.05, 0) is 24.3 Å². The standard InChI is InChI=1S/C22H31N5O2S/c1-17-7-5-6-10-19(17)23-20(28)16-30-22-25-24-21(26-11-13-29-14-12-26)27(22)15-18-8-3-2-4-9-18/h2-4,8-9,17,19H,5-7,10-16H2,1H3,(H,23,28). The van der Waals surface area contributed by atoms with Gasteiger partial charge in [0.1, 0.15) is 0 Å². The number of hydrogen-bond donors (Lipinski definition) is 1. The molecule has 0 spiro atoms. The Morgan fingerprint density at radius 2 is 1.93 bits per heavy atom. The van der Waals surface area contributed by atoms with Gasteiger partial charge in [-0.3, -0.25) is 9.36 Å². The zero-order chi connectivity index (χ0) is 20.8. The molecule has 1 aromatic carbocycles. The minimum absolute atomic E-state index is 0.0842. The predicted octanol–water partition coefficient (Wildman–Crippen LogP) is 2.95. The van der Waals surface area contributed by atoms with E-state index in [9.17, 15) is 4.79 Å². The van der Waals surface area contributed by atoms with Crippen molar-refractivity contribution in [1.29, 1.82) is 0 Å². The van der Waals surface area contributed by atoms with Crippen LogP contribution >= 0.6 is 11.8 Å². The third-order valence-electron chi connectivity index (χ3n) is 5.96. The second-order valence-corrected chi connectivity index (χ2v) is 9.12. The fourth-order valence-electron chi connectivity index (χ4n) is 4.20. The number of morpholine rings is 1. The van der Waals surface area contributed by atoms with Gasteiger partial charge in [0.05, 0.1) is 25.5 Å². The summed E-state index contributed by atoms with van der Waals surface area (Å²) in [6.07, 6.45) is 4.77. The summed E-state index contributed by atoms with van der Waals surface area (Å²) in [6.45, 7) is 5.92. The highest BCUT2D eigenvalue weighted by atomic mass is 32.2. The molecule has 2 heterocycles. The van der Waals surface area contributed by atoms with Crippen LogP contribution in [0.25, 0.3) is 0 Å². The van der Waals surface area contributed by atoms with Gasteiger partial charge in [-0.1, -0.05) is 61.9 Å². The Morgan fingerprint density at radius 3 is 2.70 bits per heavy atom. The average Bonchev–Trinajstić information content (AvgIpc) is 3.17. The molecule has 2 aromatic rings. The molecular weight excluding hydrogens is 398 g/mol. The molecule has 0 radical (unpaired) electrons. The Balaban J connectivity index is 1.45. The van der Waals surface area contributed by atoms with Crippen LogP contribution in [0.15, 0.2) is 35.5 Å². The molecule has 1 saturated carbocycles. The number of hydrogen-bond acceptors (Lipinski definition) is 6. The van der Waals surface area contributed by atoms with Crippen LogP contribution in [-0.4, -0.2) is 58.8 Å². The molecule has 1 amide bonds. The van der Waals surface area contributed by atoms with E-state index in [2.05, 4.69) is 44.0 Å². The molecule has 4 rings (SSSR count). The molecule has 30 heavy (non-hydrogen) atoms. The number of ether oxygens (including phenoxy) is 1. The number of carbonyl (C=O) groups excluding carboxylic acids is 1. The largest absolute Gasteiger partial charge is 0.378 e. The van der Waals surface area contributed by atoms with Crippen LogP contribution in [0.3, 0.4) is 0 Å². The first-order valence-corrected chi connectivity index (χ1v) is 11.9. The van der Waals surface area contributed by atoms with E-state index in [0.29, 0.717) is 37.5 Å². The van der Waals surface area contributed by atoms with Crippen molar-refractivity contribution in [2.45, 2.75) is 50.4 Å². The third-order valence-corrected chi connectivity index (χ3v) is 6.93. The molecule has 2 aliphatic rings. The maximum absolute atomic E-state index is 12.6. The summed E-state index contributed by atoms with van der Waals surface area (Å²) in [4.78, 5) is 14.8. The summed E-state index contributed by atoms with van der Waals surface area (Å²) in [5.41, 5.74) is 1.19. The number of aromatic nitrogens is 3. The molecule has 1 aromatic heterocycles. The van der Waals surface area contributed by atoms with Crippen LogP contribution in [-0.2, 0) is 16.1 Å². The quantitative estimate of drug-likeness (QED) is 0.683. The van der Waals surface area contributed by atoms with Gasteiger partial charge in [-0.25, -0.2) is 0 Å². The molecule has 2 unspecified atom stereocenters. The zero-order valence-corrected chi connectivity index (χ0v) is 18.4. The van der Waals surface area contributed by atoms with Crippen molar-refractivity contribution in [3.05, 3.63) is 35.9 Å². The molecule has 1 N–H and O–H groups in total. The van der Waals surface area contributed by atoms with Crippen molar-refractivity contribution < 1.29 is 9.53 Å². The summed E-state index contributed by atoms with van der Waals surface area (Å²) in [5.74, 6) is 1.86. The molecule has 2 fully saturated rings. The van der Waals surface area contributed by atoms with Crippen LogP contribution in [0.5, 0.6) is 0 Å². The lowest BCUT2D eigenvalue weighted by atomic mass is 9.86. The van der Waals surface area contributed by atoms with Crippen LogP contribution in [0, 0.1) is 5.92 Å². The van der Waals surface area contributed by atoms with Gasteiger partial charge in [0.15, 0.2) is 5.16 Å². The SMILES string of the molecule is CC1CCCCC1NC(=O)CSc1nnc(N2CCOCC2)n1Cc1ccccc1. The lowest BCUT2D eigenvalue weighted by molar-refractivity contribution is -0.119. The van der Waals surface area contributed by atoms with Crippen LogP contribution in [0.1, 0.15) is 38.2 Å². The number of amides is 1. The van der Waals surface area contributed by atoms with Crippen molar-refractivity contribution in [3.63, 3.8) is 0 Å². The van der Waals surface area contributed by atoms with Gasteiger partial charge in [0, 0.05) is 19.1 Å². The lowest BCUT2D eigenvalue weighted by Gasteiger charge is -2.29. The molecule has 7 nitrogen and oxygen atoms in total. The van der Waals surface area contributed by atoms with E-state index >= 15 is 0 Å². The summed E-state index contributed by atoms with van der Waals surface area (Å²) < 4.78 is 7.62. The highest BCUT2D eigenvalue weighted by molar-refractivity contribution is 7.99. The molecule has 1 aliphatic carbocycles. The van der Waals surface area contributed by atoms with Crippen LogP contribution < -0.4 is 10.2 Å². The highest BCUT2D eigenvalue weighted by Crippen LogP contribution is 2.26. The van der Waals surface area contributed by atoms with Crippen molar-refractivity contribution in [2.24, 2.45) is 5.92 Å². The molecule has 1 aliphatic heterocycles. The van der Waals surface area contributed by atoms with E-state index in [1.165, 1.54) is 36.6 Å². The fraction of sp³-hybridized carbons (Fsp3) is 0.591. The van der Waals surface area contributed by atoms with Crippen molar-refractivity contribution in [1.82, 2.24) is 20.1 Å². The average molecular weight is 430 g/mol. The predicted molar refractivity (Wildman–Crippen MR) is 119 cm³/mol. The number of nitrogens with zero attached hydrogens (tertiary/aromatic N) is 4. The number of thioether (sulfide) groups is 1. The Labute approximate surface area is 182 Å². The Hall–Kier alpha value is -2.06. The molecule has 2 atom stereocenters. The van der Waals surface area contributed by atoms with Crippen LogP contribution in [0.2, 0.25) is 0 Å². The highest BCUT2D eigenvalue weighted by Gasteiger charge is 2.24.